The lowest BCUT2D eigenvalue weighted by Crippen LogP contribution is -2.43. The fraction of sp³-hybridized carbons (Fsp3) is 0.650. The summed E-state index contributed by atoms with van der Waals surface area (Å²) in [5, 5.41) is 3.36. The minimum atomic E-state index is -0.425. The van der Waals surface area contributed by atoms with E-state index in [1.165, 1.54) is 25.7 Å². The Kier molecular flexibility index (Phi) is 7.60. The SMILES string of the molecule is CCCCCCCCC(=O)OC1(c2ccccc2)CCNCC1. The first-order valence-electron chi connectivity index (χ1n) is 9.25. The molecule has 1 heterocycles. The lowest BCUT2D eigenvalue weighted by Gasteiger charge is -2.37. The standard InChI is InChI=1S/C20H31NO2/c1-2-3-4-5-6-10-13-19(22)23-20(14-16-21-17-15-20)18-11-8-7-9-12-18/h7-9,11-12,21H,2-6,10,13-17H2,1H3. The Bertz CT molecular complexity index is 452. The van der Waals surface area contributed by atoms with Crippen molar-refractivity contribution in [2.24, 2.45) is 0 Å². The van der Waals surface area contributed by atoms with Gasteiger partial charge in [0.2, 0.25) is 0 Å². The number of ether oxygens (including phenoxy) is 1. The van der Waals surface area contributed by atoms with E-state index in [9.17, 15) is 4.79 Å². The first-order valence-corrected chi connectivity index (χ1v) is 9.25. The van der Waals surface area contributed by atoms with Crippen molar-refractivity contribution in [1.29, 1.82) is 0 Å². The Balaban J connectivity index is 1.85. The molecule has 3 nitrogen and oxygen atoms in total. The first kappa shape index (κ1) is 18.0. The number of benzene rings is 1. The molecule has 1 aliphatic heterocycles. The molecule has 1 aliphatic rings. The Morgan fingerprint density at radius 2 is 1.70 bits per heavy atom. The van der Waals surface area contributed by atoms with Crippen molar-refractivity contribution in [2.45, 2.75) is 70.3 Å². The third kappa shape index (κ3) is 5.65. The van der Waals surface area contributed by atoms with Gasteiger partial charge in [0, 0.05) is 19.3 Å². The molecule has 0 radical (unpaired) electrons. The van der Waals surface area contributed by atoms with Gasteiger partial charge in [-0.15, -0.1) is 0 Å². The molecule has 0 atom stereocenters. The minimum absolute atomic E-state index is 0.0359. The van der Waals surface area contributed by atoms with Crippen molar-refractivity contribution in [3.8, 4) is 0 Å². The third-order valence-electron chi connectivity index (χ3n) is 4.75. The van der Waals surface area contributed by atoms with Gasteiger partial charge in [0.1, 0.15) is 5.60 Å². The van der Waals surface area contributed by atoms with Crippen molar-refractivity contribution >= 4 is 5.97 Å². The summed E-state index contributed by atoms with van der Waals surface area (Å²) < 4.78 is 6.01. The predicted octanol–water partition coefficient (Wildman–Crippen LogP) is 4.56. The molecule has 0 bridgehead atoms. The van der Waals surface area contributed by atoms with E-state index >= 15 is 0 Å². The van der Waals surface area contributed by atoms with Crippen LogP contribution in [-0.4, -0.2) is 19.1 Å². The second-order valence-electron chi connectivity index (χ2n) is 6.60. The second-order valence-corrected chi connectivity index (χ2v) is 6.60. The summed E-state index contributed by atoms with van der Waals surface area (Å²) in [5.41, 5.74) is 0.712. The third-order valence-corrected chi connectivity index (χ3v) is 4.75. The molecule has 1 aromatic carbocycles. The molecule has 0 spiro atoms. The van der Waals surface area contributed by atoms with Crippen LogP contribution in [0.2, 0.25) is 0 Å². The number of nitrogens with one attached hydrogen (secondary N) is 1. The molecule has 128 valence electrons. The van der Waals surface area contributed by atoms with Gasteiger partial charge in [-0.2, -0.15) is 0 Å². The van der Waals surface area contributed by atoms with E-state index in [-0.39, 0.29) is 5.97 Å². The maximum Gasteiger partial charge on any atom is 0.306 e. The summed E-state index contributed by atoms with van der Waals surface area (Å²) in [6.07, 6.45) is 9.43. The highest BCUT2D eigenvalue weighted by atomic mass is 16.6. The smallest absolute Gasteiger partial charge is 0.306 e. The van der Waals surface area contributed by atoms with Gasteiger partial charge in [0.15, 0.2) is 0 Å². The van der Waals surface area contributed by atoms with Gasteiger partial charge >= 0.3 is 5.97 Å². The van der Waals surface area contributed by atoms with Gasteiger partial charge in [-0.25, -0.2) is 0 Å². The maximum absolute atomic E-state index is 12.3. The highest BCUT2D eigenvalue weighted by molar-refractivity contribution is 5.70. The van der Waals surface area contributed by atoms with Crippen LogP contribution in [0.15, 0.2) is 30.3 Å². The lowest BCUT2D eigenvalue weighted by molar-refractivity contribution is -0.164. The van der Waals surface area contributed by atoms with E-state index in [0.29, 0.717) is 6.42 Å². The highest BCUT2D eigenvalue weighted by Crippen LogP contribution is 2.35. The number of hydrogen-bond acceptors (Lipinski definition) is 3. The highest BCUT2D eigenvalue weighted by Gasteiger charge is 2.37. The quantitative estimate of drug-likeness (QED) is 0.536. The van der Waals surface area contributed by atoms with Crippen LogP contribution in [0.4, 0.5) is 0 Å². The van der Waals surface area contributed by atoms with Gasteiger partial charge in [0.05, 0.1) is 0 Å². The number of esters is 1. The van der Waals surface area contributed by atoms with Crippen molar-refractivity contribution in [3.63, 3.8) is 0 Å². The molecule has 0 amide bonds. The summed E-state index contributed by atoms with van der Waals surface area (Å²) in [5.74, 6) is -0.0359. The molecule has 3 heteroatoms. The average Bonchev–Trinajstić information content (AvgIpc) is 2.59. The summed E-state index contributed by atoms with van der Waals surface area (Å²) in [6, 6.07) is 10.2. The summed E-state index contributed by atoms with van der Waals surface area (Å²) >= 11 is 0. The summed E-state index contributed by atoms with van der Waals surface area (Å²) in [6.45, 7) is 4.03. The Hall–Kier alpha value is -1.35. The van der Waals surface area contributed by atoms with Crippen LogP contribution in [0, 0.1) is 0 Å². The average molecular weight is 317 g/mol. The van der Waals surface area contributed by atoms with Crippen LogP contribution in [-0.2, 0) is 15.1 Å². The van der Waals surface area contributed by atoms with Crippen molar-refractivity contribution in [3.05, 3.63) is 35.9 Å². The molecular formula is C20H31NO2. The van der Waals surface area contributed by atoms with Crippen LogP contribution in [0.3, 0.4) is 0 Å². The number of unbranched alkanes of at least 4 members (excludes halogenated alkanes) is 5. The predicted molar refractivity (Wildman–Crippen MR) is 94.3 cm³/mol. The topological polar surface area (TPSA) is 38.3 Å². The van der Waals surface area contributed by atoms with Gasteiger partial charge < -0.3 is 10.1 Å². The van der Waals surface area contributed by atoms with Gasteiger partial charge in [-0.05, 0) is 25.1 Å². The fourth-order valence-corrected chi connectivity index (χ4v) is 3.34. The van der Waals surface area contributed by atoms with Crippen LogP contribution >= 0.6 is 0 Å². The van der Waals surface area contributed by atoms with Crippen molar-refractivity contribution < 1.29 is 9.53 Å². The Morgan fingerprint density at radius 1 is 1.04 bits per heavy atom. The monoisotopic (exact) mass is 317 g/mol. The molecule has 1 aromatic rings. The first-order chi connectivity index (χ1) is 11.3. The number of hydrogen-bond donors (Lipinski definition) is 1. The lowest BCUT2D eigenvalue weighted by atomic mass is 9.84. The molecule has 1 saturated heterocycles. The molecule has 0 unspecified atom stereocenters. The molecule has 0 saturated carbocycles. The van der Waals surface area contributed by atoms with Gasteiger partial charge in [-0.3, -0.25) is 4.79 Å². The fourth-order valence-electron chi connectivity index (χ4n) is 3.34. The molecule has 1 N–H and O–H groups in total. The number of carbonyl (C=O) groups is 1. The normalized spacial score (nSPS) is 16.9. The zero-order chi connectivity index (χ0) is 16.4. The van der Waals surface area contributed by atoms with E-state index in [2.05, 4.69) is 24.4 Å². The van der Waals surface area contributed by atoms with E-state index in [1.807, 2.05) is 18.2 Å². The zero-order valence-electron chi connectivity index (χ0n) is 14.5. The Morgan fingerprint density at radius 3 is 2.39 bits per heavy atom. The van der Waals surface area contributed by atoms with Gasteiger partial charge in [0.25, 0.3) is 0 Å². The van der Waals surface area contributed by atoms with Crippen molar-refractivity contribution in [2.75, 3.05) is 13.1 Å². The van der Waals surface area contributed by atoms with E-state index in [4.69, 9.17) is 4.74 Å². The molecule has 0 aromatic heterocycles. The molecular weight excluding hydrogens is 286 g/mol. The molecule has 2 rings (SSSR count). The zero-order valence-corrected chi connectivity index (χ0v) is 14.5. The van der Waals surface area contributed by atoms with E-state index in [0.717, 1.165) is 44.3 Å². The van der Waals surface area contributed by atoms with E-state index in [1.54, 1.807) is 0 Å². The second kappa shape index (κ2) is 9.71. The Labute approximate surface area is 140 Å². The maximum atomic E-state index is 12.3. The summed E-state index contributed by atoms with van der Waals surface area (Å²) in [7, 11) is 0. The number of carbonyl (C=O) groups excluding carboxylic acids is 1. The van der Waals surface area contributed by atoms with Gasteiger partial charge in [-0.1, -0.05) is 69.4 Å². The minimum Gasteiger partial charge on any atom is -0.454 e. The van der Waals surface area contributed by atoms with E-state index < -0.39 is 5.60 Å². The largest absolute Gasteiger partial charge is 0.454 e. The molecule has 23 heavy (non-hydrogen) atoms. The number of rotatable bonds is 9. The van der Waals surface area contributed by atoms with Crippen LogP contribution in [0.25, 0.3) is 0 Å². The summed E-state index contributed by atoms with van der Waals surface area (Å²) in [4.78, 5) is 12.3. The number of piperidine rings is 1. The van der Waals surface area contributed by atoms with Crippen LogP contribution < -0.4 is 5.32 Å². The van der Waals surface area contributed by atoms with Crippen molar-refractivity contribution in [1.82, 2.24) is 5.32 Å². The van der Waals surface area contributed by atoms with Crippen LogP contribution in [0.5, 0.6) is 0 Å². The molecule has 1 fully saturated rings. The van der Waals surface area contributed by atoms with Crippen LogP contribution in [0.1, 0.15) is 70.3 Å². The molecule has 0 aliphatic carbocycles.